The first kappa shape index (κ1) is 20.6. The van der Waals surface area contributed by atoms with Crippen LogP contribution in [0.2, 0.25) is 0 Å². The van der Waals surface area contributed by atoms with E-state index in [1.54, 1.807) is 11.3 Å². The van der Waals surface area contributed by atoms with Crippen molar-refractivity contribution in [3.05, 3.63) is 64.7 Å². The number of amides is 1. The Balaban J connectivity index is 1.40. The number of carbonyl (C=O) groups excluding carboxylic acids is 1. The Hall–Kier alpha value is -2.29. The van der Waals surface area contributed by atoms with Crippen molar-refractivity contribution in [3.8, 4) is 0 Å². The third-order valence-electron chi connectivity index (χ3n) is 6.31. The fourth-order valence-corrected chi connectivity index (χ4v) is 6.81. The maximum Gasteiger partial charge on any atom is 0.241 e. The number of nitrogens with zero attached hydrogens (tertiary/aromatic N) is 3. The first-order valence-corrected chi connectivity index (χ1v) is 13.2. The van der Waals surface area contributed by atoms with Crippen LogP contribution in [0.15, 0.2) is 48.5 Å². The molecule has 0 bridgehead atoms. The lowest BCUT2D eigenvalue weighted by atomic mass is 9.93. The Morgan fingerprint density at radius 3 is 2.61 bits per heavy atom. The summed E-state index contributed by atoms with van der Waals surface area (Å²) < 4.78 is 27.6. The van der Waals surface area contributed by atoms with Crippen LogP contribution < -0.4 is 0 Å². The molecule has 2 aliphatic rings. The number of aromatic nitrogens is 1. The molecule has 162 valence electrons. The van der Waals surface area contributed by atoms with E-state index in [1.807, 2.05) is 47.4 Å². The zero-order chi connectivity index (χ0) is 21.6. The minimum Gasteiger partial charge on any atom is -0.341 e. The van der Waals surface area contributed by atoms with E-state index >= 15 is 0 Å². The number of rotatable bonds is 3. The van der Waals surface area contributed by atoms with Crippen LogP contribution in [0.25, 0.3) is 10.2 Å². The molecule has 0 N–H and O–H groups in total. The summed E-state index contributed by atoms with van der Waals surface area (Å²) in [4.78, 5) is 20.2. The zero-order valence-electron chi connectivity index (χ0n) is 17.4. The van der Waals surface area contributed by atoms with Crippen LogP contribution in [-0.4, -0.2) is 53.9 Å². The van der Waals surface area contributed by atoms with E-state index < -0.39 is 16.1 Å². The van der Waals surface area contributed by atoms with Crippen LogP contribution in [-0.2, 0) is 27.8 Å². The highest BCUT2D eigenvalue weighted by molar-refractivity contribution is 7.88. The second-order valence-electron chi connectivity index (χ2n) is 8.44. The van der Waals surface area contributed by atoms with E-state index in [2.05, 4.69) is 6.07 Å². The van der Waals surface area contributed by atoms with Gasteiger partial charge in [-0.25, -0.2) is 13.4 Å². The van der Waals surface area contributed by atoms with Gasteiger partial charge in [0.2, 0.25) is 15.9 Å². The van der Waals surface area contributed by atoms with Crippen molar-refractivity contribution in [2.24, 2.45) is 0 Å². The molecule has 0 unspecified atom stereocenters. The Bertz CT molecular complexity index is 1200. The molecule has 5 rings (SSSR count). The molecule has 3 aromatic rings. The van der Waals surface area contributed by atoms with Crippen LogP contribution >= 0.6 is 11.3 Å². The number of hydrogen-bond donors (Lipinski definition) is 0. The van der Waals surface area contributed by atoms with Crippen LogP contribution in [0.1, 0.15) is 34.9 Å². The maximum absolute atomic E-state index is 13.6. The summed E-state index contributed by atoms with van der Waals surface area (Å²) in [5, 5.41) is 1.06. The zero-order valence-corrected chi connectivity index (χ0v) is 19.0. The van der Waals surface area contributed by atoms with Gasteiger partial charge in [-0.2, -0.15) is 4.31 Å². The SMILES string of the molecule is CS(=O)(=O)N1Cc2ccccc2C[C@H]1C(=O)N1CCC[C@@H](c2nc3ccccc3s2)C1. The third-order valence-corrected chi connectivity index (χ3v) is 8.74. The smallest absolute Gasteiger partial charge is 0.241 e. The summed E-state index contributed by atoms with van der Waals surface area (Å²) >= 11 is 1.69. The highest BCUT2D eigenvalue weighted by Gasteiger charge is 2.40. The predicted molar refractivity (Wildman–Crippen MR) is 122 cm³/mol. The number of likely N-dealkylation sites (tertiary alicyclic amines) is 1. The number of benzene rings is 2. The number of carbonyl (C=O) groups is 1. The van der Waals surface area contributed by atoms with Gasteiger partial charge in [-0.05, 0) is 42.5 Å². The lowest BCUT2D eigenvalue weighted by molar-refractivity contribution is -0.137. The molecule has 8 heteroatoms. The van der Waals surface area contributed by atoms with E-state index in [1.165, 1.54) is 10.6 Å². The second kappa shape index (κ2) is 8.00. The molecule has 3 heterocycles. The molecule has 0 aliphatic carbocycles. The van der Waals surface area contributed by atoms with Crippen molar-refractivity contribution >= 4 is 37.5 Å². The first-order valence-electron chi connectivity index (χ1n) is 10.6. The second-order valence-corrected chi connectivity index (χ2v) is 11.4. The molecule has 1 aromatic heterocycles. The quantitative estimate of drug-likeness (QED) is 0.607. The van der Waals surface area contributed by atoms with Crippen molar-refractivity contribution in [1.82, 2.24) is 14.2 Å². The first-order chi connectivity index (χ1) is 14.9. The summed E-state index contributed by atoms with van der Waals surface area (Å²) in [6.07, 6.45) is 3.51. The highest BCUT2D eigenvalue weighted by atomic mass is 32.2. The molecular formula is C23H25N3O3S2. The van der Waals surface area contributed by atoms with E-state index in [-0.39, 0.29) is 18.4 Å². The highest BCUT2D eigenvalue weighted by Crippen LogP contribution is 2.34. The van der Waals surface area contributed by atoms with Crippen LogP contribution in [0.4, 0.5) is 0 Å². The number of piperidine rings is 1. The van der Waals surface area contributed by atoms with Crippen molar-refractivity contribution in [1.29, 1.82) is 0 Å². The molecule has 2 atom stereocenters. The minimum absolute atomic E-state index is 0.0919. The number of thiazole rings is 1. The van der Waals surface area contributed by atoms with Gasteiger partial charge in [-0.15, -0.1) is 11.3 Å². The molecule has 0 saturated carbocycles. The molecule has 1 amide bonds. The third kappa shape index (κ3) is 4.00. The number of hydrogen-bond acceptors (Lipinski definition) is 5. The Kier molecular flexibility index (Phi) is 5.32. The van der Waals surface area contributed by atoms with Crippen LogP contribution in [0.3, 0.4) is 0 Å². The number of para-hydroxylation sites is 1. The molecule has 6 nitrogen and oxygen atoms in total. The average Bonchev–Trinajstić information content (AvgIpc) is 3.21. The molecule has 1 saturated heterocycles. The van der Waals surface area contributed by atoms with Crippen LogP contribution in [0, 0.1) is 0 Å². The normalized spacial score (nSPS) is 22.4. The summed E-state index contributed by atoms with van der Waals surface area (Å²) in [5.41, 5.74) is 3.03. The van der Waals surface area contributed by atoms with E-state index in [4.69, 9.17) is 4.98 Å². The van der Waals surface area contributed by atoms with Crippen molar-refractivity contribution in [2.45, 2.75) is 37.8 Å². The monoisotopic (exact) mass is 455 g/mol. The van der Waals surface area contributed by atoms with Gasteiger partial charge in [0.05, 0.1) is 21.5 Å². The van der Waals surface area contributed by atoms with E-state index in [9.17, 15) is 13.2 Å². The fourth-order valence-electron chi connectivity index (χ4n) is 4.71. The lowest BCUT2D eigenvalue weighted by Crippen LogP contribution is -2.54. The average molecular weight is 456 g/mol. The summed E-state index contributed by atoms with van der Waals surface area (Å²) in [5.74, 6) is 0.100. The number of sulfonamides is 1. The largest absolute Gasteiger partial charge is 0.341 e. The maximum atomic E-state index is 13.6. The molecule has 2 aromatic carbocycles. The molecule has 0 spiro atoms. The Morgan fingerprint density at radius 1 is 1.10 bits per heavy atom. The van der Waals surface area contributed by atoms with Gasteiger partial charge >= 0.3 is 0 Å². The topological polar surface area (TPSA) is 70.6 Å². The van der Waals surface area contributed by atoms with Gasteiger partial charge in [-0.1, -0.05) is 36.4 Å². The molecule has 0 radical (unpaired) electrons. The van der Waals surface area contributed by atoms with Gasteiger partial charge in [0, 0.05) is 25.6 Å². The predicted octanol–water partition coefficient (Wildman–Crippen LogP) is 3.39. The van der Waals surface area contributed by atoms with Crippen molar-refractivity contribution in [2.75, 3.05) is 19.3 Å². The Morgan fingerprint density at radius 2 is 1.84 bits per heavy atom. The molecular weight excluding hydrogens is 430 g/mol. The van der Waals surface area contributed by atoms with E-state index in [0.29, 0.717) is 19.5 Å². The Labute approximate surface area is 186 Å². The van der Waals surface area contributed by atoms with Crippen molar-refractivity contribution in [3.63, 3.8) is 0 Å². The standard InChI is InChI=1S/C23H25N3O3S2/c1-31(28,29)26-15-17-8-3-2-7-16(17)13-20(26)23(27)25-12-6-9-18(14-25)22-24-19-10-4-5-11-21(19)30-22/h2-5,7-8,10-11,18,20H,6,9,12-15H2,1H3/t18-,20+/m1/s1. The summed E-state index contributed by atoms with van der Waals surface area (Å²) in [6, 6.07) is 15.2. The van der Waals surface area contributed by atoms with Gasteiger partial charge in [0.1, 0.15) is 6.04 Å². The number of fused-ring (bicyclic) bond motifs is 2. The molecule has 31 heavy (non-hydrogen) atoms. The summed E-state index contributed by atoms with van der Waals surface area (Å²) in [6.45, 7) is 1.50. The van der Waals surface area contributed by atoms with E-state index in [0.717, 1.165) is 39.2 Å². The molecule has 1 fully saturated rings. The fraction of sp³-hybridized carbons (Fsp3) is 0.391. The van der Waals surface area contributed by atoms with Gasteiger partial charge in [-0.3, -0.25) is 4.79 Å². The van der Waals surface area contributed by atoms with Gasteiger partial charge in [0.15, 0.2) is 0 Å². The summed E-state index contributed by atoms with van der Waals surface area (Å²) in [7, 11) is -3.51. The van der Waals surface area contributed by atoms with Crippen LogP contribution in [0.5, 0.6) is 0 Å². The lowest BCUT2D eigenvalue weighted by Gasteiger charge is -2.39. The minimum atomic E-state index is -3.51. The van der Waals surface area contributed by atoms with Gasteiger partial charge in [0.25, 0.3) is 0 Å². The van der Waals surface area contributed by atoms with Crippen molar-refractivity contribution < 1.29 is 13.2 Å². The molecule has 2 aliphatic heterocycles. The van der Waals surface area contributed by atoms with Gasteiger partial charge < -0.3 is 4.90 Å².